The smallest absolute Gasteiger partial charge is 0.132 e. The van der Waals surface area contributed by atoms with Gasteiger partial charge < -0.3 is 9.30 Å². The molecule has 2 aromatic rings. The molecular formula is C13H16FNO. The van der Waals surface area contributed by atoms with Gasteiger partial charge in [-0.2, -0.15) is 0 Å². The monoisotopic (exact) mass is 221 g/mol. The largest absolute Gasteiger partial charge is 0.378 e. The van der Waals surface area contributed by atoms with Crippen molar-refractivity contribution in [3.8, 4) is 0 Å². The lowest BCUT2D eigenvalue weighted by Crippen LogP contribution is -2.05. The van der Waals surface area contributed by atoms with E-state index < -0.39 is 0 Å². The van der Waals surface area contributed by atoms with Crippen LogP contribution in [0.1, 0.15) is 25.6 Å². The van der Waals surface area contributed by atoms with Gasteiger partial charge in [-0.25, -0.2) is 4.39 Å². The molecule has 2 rings (SSSR count). The molecule has 0 aliphatic carbocycles. The first-order valence-electron chi connectivity index (χ1n) is 5.42. The van der Waals surface area contributed by atoms with E-state index in [4.69, 9.17) is 4.74 Å². The summed E-state index contributed by atoms with van der Waals surface area (Å²) in [6, 6.07) is 7.34. The molecule has 0 bridgehead atoms. The van der Waals surface area contributed by atoms with Crippen molar-refractivity contribution in [1.82, 2.24) is 4.57 Å². The predicted molar refractivity (Wildman–Crippen MR) is 63.0 cm³/mol. The van der Waals surface area contributed by atoms with Crippen LogP contribution in [-0.2, 0) is 11.3 Å². The van der Waals surface area contributed by atoms with Crippen molar-refractivity contribution in [1.29, 1.82) is 0 Å². The highest BCUT2D eigenvalue weighted by molar-refractivity contribution is 5.82. The van der Waals surface area contributed by atoms with Crippen molar-refractivity contribution in [3.05, 3.63) is 35.8 Å². The summed E-state index contributed by atoms with van der Waals surface area (Å²) in [5.74, 6) is -0.172. The predicted octanol–water partition coefficient (Wildman–Crippen LogP) is 3.51. The van der Waals surface area contributed by atoms with Gasteiger partial charge >= 0.3 is 0 Å². The molecule has 3 heteroatoms. The number of hydrogen-bond donors (Lipinski definition) is 0. The molecule has 0 spiro atoms. The maximum Gasteiger partial charge on any atom is 0.132 e. The topological polar surface area (TPSA) is 14.2 Å². The van der Waals surface area contributed by atoms with E-state index in [0.29, 0.717) is 18.0 Å². The van der Waals surface area contributed by atoms with Crippen LogP contribution in [0.3, 0.4) is 0 Å². The Kier molecular flexibility index (Phi) is 2.97. The van der Waals surface area contributed by atoms with Gasteiger partial charge in [-0.15, -0.1) is 0 Å². The van der Waals surface area contributed by atoms with Crippen LogP contribution in [0.4, 0.5) is 4.39 Å². The van der Waals surface area contributed by atoms with Crippen molar-refractivity contribution in [2.45, 2.75) is 26.5 Å². The van der Waals surface area contributed by atoms with Gasteiger partial charge in [0.1, 0.15) is 5.82 Å². The highest BCUT2D eigenvalue weighted by Crippen LogP contribution is 2.26. The SMILES string of the molecule is COCc1cc2c(F)cccc2n1C(C)C. The van der Waals surface area contributed by atoms with Crippen molar-refractivity contribution in [2.75, 3.05) is 7.11 Å². The molecule has 1 heterocycles. The molecule has 0 N–H and O–H groups in total. The van der Waals surface area contributed by atoms with E-state index in [0.717, 1.165) is 11.2 Å². The normalized spacial score (nSPS) is 11.6. The van der Waals surface area contributed by atoms with Gasteiger partial charge in [0.25, 0.3) is 0 Å². The van der Waals surface area contributed by atoms with E-state index in [1.165, 1.54) is 6.07 Å². The minimum atomic E-state index is -0.172. The van der Waals surface area contributed by atoms with Crippen molar-refractivity contribution in [2.24, 2.45) is 0 Å². The second kappa shape index (κ2) is 4.26. The summed E-state index contributed by atoms with van der Waals surface area (Å²) in [5, 5.41) is 0.670. The fourth-order valence-electron chi connectivity index (χ4n) is 2.14. The lowest BCUT2D eigenvalue weighted by molar-refractivity contribution is 0.177. The van der Waals surface area contributed by atoms with E-state index in [-0.39, 0.29) is 5.82 Å². The van der Waals surface area contributed by atoms with Crippen LogP contribution < -0.4 is 0 Å². The third kappa shape index (κ3) is 1.71. The van der Waals surface area contributed by atoms with Gasteiger partial charge in [0.15, 0.2) is 0 Å². The minimum Gasteiger partial charge on any atom is -0.378 e. The standard InChI is InChI=1S/C13H16FNO/c1-9(2)15-10(8-16-3)7-11-12(14)5-4-6-13(11)15/h4-7,9H,8H2,1-3H3. The number of methoxy groups -OCH3 is 1. The van der Waals surface area contributed by atoms with E-state index >= 15 is 0 Å². The molecule has 0 aliphatic rings. The number of nitrogens with zero attached hydrogens (tertiary/aromatic N) is 1. The third-order valence-electron chi connectivity index (χ3n) is 2.72. The molecule has 0 atom stereocenters. The van der Waals surface area contributed by atoms with Crippen LogP contribution >= 0.6 is 0 Å². The summed E-state index contributed by atoms with van der Waals surface area (Å²) in [5.41, 5.74) is 1.94. The highest BCUT2D eigenvalue weighted by atomic mass is 19.1. The van der Waals surface area contributed by atoms with Crippen LogP contribution in [-0.4, -0.2) is 11.7 Å². The van der Waals surface area contributed by atoms with Crippen LogP contribution in [0.25, 0.3) is 10.9 Å². The Hall–Kier alpha value is -1.35. The number of benzene rings is 1. The Balaban J connectivity index is 2.70. The van der Waals surface area contributed by atoms with Gasteiger partial charge in [0, 0.05) is 24.2 Å². The Labute approximate surface area is 94.6 Å². The number of aromatic nitrogens is 1. The van der Waals surface area contributed by atoms with Crippen molar-refractivity contribution < 1.29 is 9.13 Å². The fraction of sp³-hybridized carbons (Fsp3) is 0.385. The van der Waals surface area contributed by atoms with Gasteiger partial charge in [0.05, 0.1) is 12.1 Å². The average Bonchev–Trinajstić information content (AvgIpc) is 2.58. The first-order chi connectivity index (χ1) is 7.65. The molecule has 0 aliphatic heterocycles. The van der Waals surface area contributed by atoms with Crippen molar-refractivity contribution in [3.63, 3.8) is 0 Å². The van der Waals surface area contributed by atoms with E-state index in [1.54, 1.807) is 13.2 Å². The quantitative estimate of drug-likeness (QED) is 0.773. The summed E-state index contributed by atoms with van der Waals surface area (Å²) in [6.07, 6.45) is 0. The van der Waals surface area contributed by atoms with E-state index in [1.807, 2.05) is 12.1 Å². The lowest BCUT2D eigenvalue weighted by atomic mass is 10.2. The summed E-state index contributed by atoms with van der Waals surface area (Å²) >= 11 is 0. The first kappa shape index (κ1) is 11.1. The number of rotatable bonds is 3. The Morgan fingerprint density at radius 1 is 1.38 bits per heavy atom. The van der Waals surface area contributed by atoms with E-state index in [9.17, 15) is 4.39 Å². The van der Waals surface area contributed by atoms with Gasteiger partial charge in [-0.05, 0) is 32.0 Å². The minimum absolute atomic E-state index is 0.172. The number of fused-ring (bicyclic) bond motifs is 1. The molecule has 86 valence electrons. The second-order valence-corrected chi connectivity index (χ2v) is 4.21. The van der Waals surface area contributed by atoms with Gasteiger partial charge in [0.2, 0.25) is 0 Å². The number of halogens is 1. The van der Waals surface area contributed by atoms with Crippen LogP contribution in [0.15, 0.2) is 24.3 Å². The zero-order valence-corrected chi connectivity index (χ0v) is 9.83. The van der Waals surface area contributed by atoms with Gasteiger partial charge in [-0.3, -0.25) is 0 Å². The molecule has 0 fully saturated rings. The van der Waals surface area contributed by atoms with Crippen molar-refractivity contribution >= 4 is 10.9 Å². The Morgan fingerprint density at radius 2 is 2.12 bits per heavy atom. The average molecular weight is 221 g/mol. The first-order valence-corrected chi connectivity index (χ1v) is 5.42. The Bertz CT molecular complexity index is 502. The molecule has 2 nitrogen and oxygen atoms in total. The maximum absolute atomic E-state index is 13.6. The molecular weight excluding hydrogens is 205 g/mol. The van der Waals surface area contributed by atoms with Crippen LogP contribution in [0.2, 0.25) is 0 Å². The maximum atomic E-state index is 13.6. The third-order valence-corrected chi connectivity index (χ3v) is 2.72. The van der Waals surface area contributed by atoms with Crippen LogP contribution in [0, 0.1) is 5.82 Å². The number of hydrogen-bond acceptors (Lipinski definition) is 1. The molecule has 0 unspecified atom stereocenters. The number of ether oxygens (including phenoxy) is 1. The summed E-state index contributed by atoms with van der Waals surface area (Å²) < 4.78 is 20.9. The fourth-order valence-corrected chi connectivity index (χ4v) is 2.14. The molecule has 0 amide bonds. The molecule has 0 saturated heterocycles. The zero-order chi connectivity index (χ0) is 11.7. The zero-order valence-electron chi connectivity index (χ0n) is 9.83. The van der Waals surface area contributed by atoms with Gasteiger partial charge in [-0.1, -0.05) is 6.07 Å². The van der Waals surface area contributed by atoms with Crippen LogP contribution in [0.5, 0.6) is 0 Å². The molecule has 0 saturated carbocycles. The molecule has 1 aromatic heterocycles. The second-order valence-electron chi connectivity index (χ2n) is 4.21. The lowest BCUT2D eigenvalue weighted by Gasteiger charge is -2.14. The Morgan fingerprint density at radius 3 is 2.75 bits per heavy atom. The molecule has 0 radical (unpaired) electrons. The summed E-state index contributed by atoms with van der Waals surface area (Å²) in [6.45, 7) is 4.68. The molecule has 1 aromatic carbocycles. The molecule has 16 heavy (non-hydrogen) atoms. The highest BCUT2D eigenvalue weighted by Gasteiger charge is 2.13. The summed E-state index contributed by atoms with van der Waals surface area (Å²) in [4.78, 5) is 0. The van der Waals surface area contributed by atoms with E-state index in [2.05, 4.69) is 18.4 Å². The summed E-state index contributed by atoms with van der Waals surface area (Å²) in [7, 11) is 1.65.